The van der Waals surface area contributed by atoms with Crippen molar-refractivity contribution < 1.29 is 22.8 Å². The number of aromatic nitrogens is 2. The zero-order chi connectivity index (χ0) is 19.9. The predicted molar refractivity (Wildman–Crippen MR) is 94.3 cm³/mol. The molecule has 0 atom stereocenters. The number of carbonyl (C=O) groups is 2. The Kier molecular flexibility index (Phi) is 5.22. The van der Waals surface area contributed by atoms with Crippen LogP contribution in [-0.2, 0) is 13.2 Å². The number of nitrogens with one attached hydrogen (secondary N) is 1. The van der Waals surface area contributed by atoms with E-state index in [9.17, 15) is 22.8 Å². The number of amides is 1. The molecule has 0 spiro atoms. The van der Waals surface area contributed by atoms with Gasteiger partial charge in [-0.1, -0.05) is 23.2 Å². The SMILES string of the molecule is Cn1nc(C(F)(F)F)c(Cl)c1C(=O)Nc1ccc(Cl)c(C(=O)CC2CC2)c1. The number of benzene rings is 1. The van der Waals surface area contributed by atoms with Crippen LogP contribution < -0.4 is 5.32 Å². The Hall–Kier alpha value is -2.06. The molecule has 0 aliphatic heterocycles. The molecule has 1 aromatic heterocycles. The molecular weight excluding hydrogens is 406 g/mol. The van der Waals surface area contributed by atoms with Gasteiger partial charge in [0.15, 0.2) is 11.5 Å². The van der Waals surface area contributed by atoms with Gasteiger partial charge in [-0.3, -0.25) is 14.3 Å². The summed E-state index contributed by atoms with van der Waals surface area (Å²) in [6, 6.07) is 4.30. The lowest BCUT2D eigenvalue weighted by molar-refractivity contribution is -0.141. The monoisotopic (exact) mass is 419 g/mol. The molecule has 1 aliphatic carbocycles. The standard InChI is InChI=1S/C17H14Cl2F3N3O2/c1-25-14(13(19)15(24-25)17(20,21)22)16(27)23-9-4-5-11(18)10(7-9)12(26)6-8-2-3-8/h4-5,7-8H,2-3,6H2,1H3,(H,23,27). The third-order valence-electron chi connectivity index (χ3n) is 4.17. The van der Waals surface area contributed by atoms with Crippen molar-refractivity contribution in [1.29, 1.82) is 0 Å². The number of hydrogen-bond acceptors (Lipinski definition) is 3. The maximum atomic E-state index is 12.9. The van der Waals surface area contributed by atoms with Crippen molar-refractivity contribution in [2.24, 2.45) is 13.0 Å². The Labute approximate surface area is 162 Å². The molecule has 10 heteroatoms. The van der Waals surface area contributed by atoms with E-state index in [1.54, 1.807) is 0 Å². The van der Waals surface area contributed by atoms with Gasteiger partial charge in [0.1, 0.15) is 10.7 Å². The van der Waals surface area contributed by atoms with Gasteiger partial charge < -0.3 is 5.32 Å². The smallest absolute Gasteiger partial charge is 0.321 e. The van der Waals surface area contributed by atoms with E-state index < -0.39 is 28.5 Å². The number of hydrogen-bond donors (Lipinski definition) is 1. The van der Waals surface area contributed by atoms with Gasteiger partial charge in [-0.15, -0.1) is 0 Å². The van der Waals surface area contributed by atoms with Crippen molar-refractivity contribution in [3.63, 3.8) is 0 Å². The van der Waals surface area contributed by atoms with Gasteiger partial charge in [0, 0.05) is 24.7 Å². The van der Waals surface area contributed by atoms with Crippen LogP contribution in [-0.4, -0.2) is 21.5 Å². The molecule has 1 saturated carbocycles. The van der Waals surface area contributed by atoms with Gasteiger partial charge >= 0.3 is 6.18 Å². The molecule has 1 aromatic carbocycles. The van der Waals surface area contributed by atoms with E-state index in [2.05, 4.69) is 10.4 Å². The number of carbonyl (C=O) groups excluding carboxylic acids is 2. The zero-order valence-electron chi connectivity index (χ0n) is 14.0. The number of halogens is 5. The van der Waals surface area contributed by atoms with Crippen molar-refractivity contribution >= 4 is 40.6 Å². The van der Waals surface area contributed by atoms with Gasteiger partial charge in [0.05, 0.1) is 5.02 Å². The molecule has 1 heterocycles. The van der Waals surface area contributed by atoms with Gasteiger partial charge in [0.2, 0.25) is 0 Å². The van der Waals surface area contributed by atoms with E-state index in [1.165, 1.54) is 25.2 Å². The summed E-state index contributed by atoms with van der Waals surface area (Å²) in [6.45, 7) is 0. The Morgan fingerprint density at radius 3 is 2.52 bits per heavy atom. The molecule has 27 heavy (non-hydrogen) atoms. The van der Waals surface area contributed by atoms with E-state index in [-0.39, 0.29) is 22.1 Å². The Morgan fingerprint density at radius 1 is 1.30 bits per heavy atom. The van der Waals surface area contributed by atoms with E-state index >= 15 is 0 Å². The number of Topliss-reactive ketones (excluding diaryl/α,β-unsaturated/α-hetero) is 1. The molecule has 0 unspecified atom stereocenters. The van der Waals surface area contributed by atoms with Crippen LogP contribution >= 0.6 is 23.2 Å². The normalized spacial score (nSPS) is 14.3. The van der Waals surface area contributed by atoms with E-state index in [4.69, 9.17) is 23.2 Å². The summed E-state index contributed by atoms with van der Waals surface area (Å²) in [7, 11) is 1.18. The van der Waals surface area contributed by atoms with Crippen molar-refractivity contribution in [3.05, 3.63) is 45.2 Å². The quantitative estimate of drug-likeness (QED) is 0.694. The zero-order valence-corrected chi connectivity index (χ0v) is 15.5. The van der Waals surface area contributed by atoms with Crippen LogP contribution in [0.5, 0.6) is 0 Å². The minimum Gasteiger partial charge on any atom is -0.321 e. The largest absolute Gasteiger partial charge is 0.436 e. The fourth-order valence-corrected chi connectivity index (χ4v) is 3.20. The predicted octanol–water partition coefficient (Wildman–Crippen LogP) is 4.98. The highest BCUT2D eigenvalue weighted by Gasteiger charge is 2.39. The summed E-state index contributed by atoms with van der Waals surface area (Å²) >= 11 is 11.8. The number of rotatable bonds is 5. The molecular formula is C17H14Cl2F3N3O2. The number of alkyl halides is 3. The lowest BCUT2D eigenvalue weighted by Crippen LogP contribution is -2.17. The second-order valence-electron chi connectivity index (χ2n) is 6.35. The van der Waals surface area contributed by atoms with E-state index in [0.29, 0.717) is 12.3 Å². The third kappa shape index (κ3) is 4.27. The van der Waals surface area contributed by atoms with E-state index in [1.807, 2.05) is 0 Å². The Bertz CT molecular complexity index is 921. The van der Waals surface area contributed by atoms with Crippen LogP contribution in [0.15, 0.2) is 18.2 Å². The summed E-state index contributed by atoms with van der Waals surface area (Å²) < 4.78 is 39.4. The maximum Gasteiger partial charge on any atom is 0.436 e. The summed E-state index contributed by atoms with van der Waals surface area (Å²) in [5, 5.41) is 5.16. The molecule has 1 fully saturated rings. The highest BCUT2D eigenvalue weighted by Crippen LogP contribution is 2.36. The fourth-order valence-electron chi connectivity index (χ4n) is 2.63. The van der Waals surface area contributed by atoms with Crippen molar-refractivity contribution in [3.8, 4) is 0 Å². The minimum atomic E-state index is -4.78. The summed E-state index contributed by atoms with van der Waals surface area (Å²) in [5.74, 6) is -0.661. The minimum absolute atomic E-state index is 0.142. The second kappa shape index (κ2) is 7.16. The molecule has 0 radical (unpaired) electrons. The summed E-state index contributed by atoms with van der Waals surface area (Å²) in [4.78, 5) is 24.7. The number of anilines is 1. The highest BCUT2D eigenvalue weighted by molar-refractivity contribution is 6.35. The first-order valence-electron chi connectivity index (χ1n) is 8.01. The van der Waals surface area contributed by atoms with Gasteiger partial charge in [0.25, 0.3) is 5.91 Å². The molecule has 5 nitrogen and oxygen atoms in total. The van der Waals surface area contributed by atoms with Crippen LogP contribution in [0, 0.1) is 5.92 Å². The molecule has 1 aliphatic rings. The van der Waals surface area contributed by atoms with Crippen LogP contribution in [0.4, 0.5) is 18.9 Å². The first kappa shape index (κ1) is 19.7. The molecule has 0 bridgehead atoms. The average molecular weight is 420 g/mol. The van der Waals surface area contributed by atoms with Crippen molar-refractivity contribution in [2.75, 3.05) is 5.32 Å². The van der Waals surface area contributed by atoms with Crippen LogP contribution in [0.2, 0.25) is 10.0 Å². The van der Waals surface area contributed by atoms with Gasteiger partial charge in [-0.2, -0.15) is 18.3 Å². The Balaban J connectivity index is 1.84. The molecule has 3 rings (SSSR count). The molecule has 1 amide bonds. The number of aryl methyl sites for hydroxylation is 1. The maximum absolute atomic E-state index is 12.9. The molecule has 0 saturated heterocycles. The lowest BCUT2D eigenvalue weighted by atomic mass is 10.0. The fraction of sp³-hybridized carbons (Fsp3) is 0.353. The topological polar surface area (TPSA) is 64.0 Å². The van der Waals surface area contributed by atoms with Gasteiger partial charge in [-0.05, 0) is 37.0 Å². The summed E-state index contributed by atoms with van der Waals surface area (Å²) in [6.07, 6.45) is -2.41. The van der Waals surface area contributed by atoms with Crippen LogP contribution in [0.3, 0.4) is 0 Å². The molecule has 1 N–H and O–H groups in total. The molecule has 2 aromatic rings. The van der Waals surface area contributed by atoms with Gasteiger partial charge in [-0.25, -0.2) is 0 Å². The van der Waals surface area contributed by atoms with Crippen LogP contribution in [0.1, 0.15) is 45.8 Å². The van der Waals surface area contributed by atoms with E-state index in [0.717, 1.165) is 17.5 Å². The Morgan fingerprint density at radius 2 is 1.96 bits per heavy atom. The van der Waals surface area contributed by atoms with Crippen molar-refractivity contribution in [2.45, 2.75) is 25.4 Å². The first-order valence-corrected chi connectivity index (χ1v) is 8.77. The number of ketones is 1. The lowest BCUT2D eigenvalue weighted by Gasteiger charge is -2.09. The second-order valence-corrected chi connectivity index (χ2v) is 7.14. The molecule has 144 valence electrons. The first-order chi connectivity index (χ1) is 12.6. The number of nitrogens with zero attached hydrogens (tertiary/aromatic N) is 2. The third-order valence-corrected chi connectivity index (χ3v) is 4.86. The van der Waals surface area contributed by atoms with Crippen molar-refractivity contribution in [1.82, 2.24) is 9.78 Å². The van der Waals surface area contributed by atoms with Crippen LogP contribution in [0.25, 0.3) is 0 Å². The summed E-state index contributed by atoms with van der Waals surface area (Å²) in [5.41, 5.74) is -1.30. The highest BCUT2D eigenvalue weighted by atomic mass is 35.5. The average Bonchev–Trinajstić information content (AvgIpc) is 3.31.